The van der Waals surface area contributed by atoms with Gasteiger partial charge in [0.25, 0.3) is 0 Å². The molecule has 0 amide bonds. The molecule has 98 valence electrons. The van der Waals surface area contributed by atoms with Crippen molar-refractivity contribution in [2.24, 2.45) is 5.92 Å². The second-order valence-electron chi connectivity index (χ2n) is 5.07. The lowest BCUT2D eigenvalue weighted by atomic mass is 9.86. The highest BCUT2D eigenvalue weighted by molar-refractivity contribution is 5.17. The van der Waals surface area contributed by atoms with E-state index in [1.54, 1.807) is 14.2 Å². The molecule has 17 heavy (non-hydrogen) atoms. The Labute approximate surface area is 104 Å². The van der Waals surface area contributed by atoms with E-state index in [4.69, 9.17) is 14.2 Å². The van der Waals surface area contributed by atoms with Crippen LogP contribution in [0.15, 0.2) is 11.8 Å². The molecule has 1 heterocycles. The van der Waals surface area contributed by atoms with Crippen molar-refractivity contribution in [3.05, 3.63) is 11.8 Å². The van der Waals surface area contributed by atoms with Crippen LogP contribution in [0.3, 0.4) is 0 Å². The number of fused-ring (bicyclic) bond motifs is 2. The maximum Gasteiger partial charge on any atom is 0.107 e. The second kappa shape index (κ2) is 6.41. The first-order valence-corrected chi connectivity index (χ1v) is 6.74. The molecule has 0 N–H and O–H groups in total. The summed E-state index contributed by atoms with van der Waals surface area (Å²) in [6, 6.07) is 0. The Morgan fingerprint density at radius 2 is 1.94 bits per heavy atom. The first-order chi connectivity index (χ1) is 8.36. The van der Waals surface area contributed by atoms with Gasteiger partial charge in [0.15, 0.2) is 0 Å². The van der Waals surface area contributed by atoms with E-state index in [0.717, 1.165) is 19.4 Å². The van der Waals surface area contributed by atoms with Gasteiger partial charge >= 0.3 is 0 Å². The largest absolute Gasteiger partial charge is 0.497 e. The van der Waals surface area contributed by atoms with Crippen LogP contribution in [0, 0.1) is 5.92 Å². The predicted molar refractivity (Wildman–Crippen MR) is 66.8 cm³/mol. The standard InChI is InChI=1S/C14H24O3/c1-15-9-11-12-10-17-14(11)8-6-4-3-5-7-13(12)16-2/h10-11,13-14H,3-9H2,1-2H3/t11-,13-,14-/m0/s1. The maximum absolute atomic E-state index is 5.82. The molecule has 1 aliphatic carbocycles. The summed E-state index contributed by atoms with van der Waals surface area (Å²) in [7, 11) is 3.56. The molecular formula is C14H24O3. The highest BCUT2D eigenvalue weighted by Crippen LogP contribution is 2.35. The Morgan fingerprint density at radius 1 is 1.18 bits per heavy atom. The second-order valence-corrected chi connectivity index (χ2v) is 5.07. The van der Waals surface area contributed by atoms with Crippen molar-refractivity contribution in [1.82, 2.24) is 0 Å². The SMILES string of the molecule is COC[C@H]1C2=CO[C@H]1CCCCCC[C@@H]2OC. The lowest BCUT2D eigenvalue weighted by Crippen LogP contribution is -2.29. The van der Waals surface area contributed by atoms with Gasteiger partial charge < -0.3 is 14.2 Å². The molecule has 3 heteroatoms. The molecule has 1 aliphatic heterocycles. The highest BCUT2D eigenvalue weighted by Gasteiger charge is 2.35. The van der Waals surface area contributed by atoms with Crippen molar-refractivity contribution in [3.8, 4) is 0 Å². The van der Waals surface area contributed by atoms with Gasteiger partial charge in [-0.3, -0.25) is 0 Å². The fourth-order valence-electron chi connectivity index (χ4n) is 2.98. The fraction of sp³-hybridized carbons (Fsp3) is 0.857. The topological polar surface area (TPSA) is 27.7 Å². The molecule has 1 fully saturated rings. The minimum absolute atomic E-state index is 0.221. The first kappa shape index (κ1) is 12.9. The van der Waals surface area contributed by atoms with Crippen molar-refractivity contribution in [2.75, 3.05) is 20.8 Å². The van der Waals surface area contributed by atoms with Crippen LogP contribution in [0.2, 0.25) is 0 Å². The van der Waals surface area contributed by atoms with E-state index in [2.05, 4.69) is 0 Å². The van der Waals surface area contributed by atoms with Gasteiger partial charge in [0.2, 0.25) is 0 Å². The smallest absolute Gasteiger partial charge is 0.107 e. The molecule has 1 saturated carbocycles. The minimum atomic E-state index is 0.221. The summed E-state index contributed by atoms with van der Waals surface area (Å²) in [6.45, 7) is 0.746. The molecule has 0 aromatic carbocycles. The van der Waals surface area contributed by atoms with Gasteiger partial charge in [-0.05, 0) is 19.3 Å². The lowest BCUT2D eigenvalue weighted by Gasteiger charge is -2.26. The molecule has 3 nitrogen and oxygen atoms in total. The molecule has 2 aliphatic rings. The van der Waals surface area contributed by atoms with Gasteiger partial charge in [-0.25, -0.2) is 0 Å². The zero-order chi connectivity index (χ0) is 12.1. The van der Waals surface area contributed by atoms with E-state index in [1.165, 1.54) is 31.3 Å². The molecule has 0 spiro atoms. The number of rotatable bonds is 3. The van der Waals surface area contributed by atoms with Crippen LogP contribution in [0.1, 0.15) is 38.5 Å². The molecule has 0 aromatic heterocycles. The van der Waals surface area contributed by atoms with Gasteiger partial charge in [-0.2, -0.15) is 0 Å². The van der Waals surface area contributed by atoms with E-state index >= 15 is 0 Å². The summed E-state index contributed by atoms with van der Waals surface area (Å²) in [5.41, 5.74) is 1.31. The van der Waals surface area contributed by atoms with Gasteiger partial charge in [0.1, 0.15) is 6.10 Å². The van der Waals surface area contributed by atoms with E-state index in [0.29, 0.717) is 12.0 Å². The summed E-state index contributed by atoms with van der Waals surface area (Å²) < 4.78 is 16.8. The first-order valence-electron chi connectivity index (χ1n) is 6.74. The molecule has 0 unspecified atom stereocenters. The monoisotopic (exact) mass is 240 g/mol. The van der Waals surface area contributed by atoms with Crippen LogP contribution >= 0.6 is 0 Å². The van der Waals surface area contributed by atoms with E-state index in [-0.39, 0.29) is 6.10 Å². The van der Waals surface area contributed by atoms with E-state index in [1.807, 2.05) is 6.26 Å². The average Bonchev–Trinajstić information content (AvgIpc) is 2.71. The Morgan fingerprint density at radius 3 is 2.65 bits per heavy atom. The Kier molecular flexibility index (Phi) is 4.86. The summed E-state index contributed by atoms with van der Waals surface area (Å²) in [5, 5.41) is 0. The Balaban J connectivity index is 2.10. The number of ether oxygens (including phenoxy) is 3. The van der Waals surface area contributed by atoms with Crippen molar-refractivity contribution in [1.29, 1.82) is 0 Å². The van der Waals surface area contributed by atoms with E-state index < -0.39 is 0 Å². The zero-order valence-corrected chi connectivity index (χ0v) is 11.0. The fourth-order valence-corrected chi connectivity index (χ4v) is 2.98. The third kappa shape index (κ3) is 3.02. The average molecular weight is 240 g/mol. The normalized spacial score (nSPS) is 34.0. The zero-order valence-electron chi connectivity index (χ0n) is 11.0. The molecule has 2 bridgehead atoms. The quantitative estimate of drug-likeness (QED) is 0.759. The Bertz CT molecular complexity index is 262. The number of methoxy groups -OCH3 is 2. The van der Waals surface area contributed by atoms with Crippen molar-refractivity contribution in [2.45, 2.75) is 50.7 Å². The van der Waals surface area contributed by atoms with Crippen LogP contribution in [0.5, 0.6) is 0 Å². The van der Waals surface area contributed by atoms with Crippen LogP contribution < -0.4 is 0 Å². The van der Waals surface area contributed by atoms with E-state index in [9.17, 15) is 0 Å². The predicted octanol–water partition coefficient (Wildman–Crippen LogP) is 2.90. The minimum Gasteiger partial charge on any atom is -0.497 e. The maximum atomic E-state index is 5.82. The van der Waals surface area contributed by atoms with Crippen LogP contribution in [-0.2, 0) is 14.2 Å². The van der Waals surface area contributed by atoms with Crippen LogP contribution in [-0.4, -0.2) is 33.0 Å². The van der Waals surface area contributed by atoms with Crippen LogP contribution in [0.4, 0.5) is 0 Å². The molecular weight excluding hydrogens is 216 g/mol. The van der Waals surface area contributed by atoms with Gasteiger partial charge in [0.05, 0.1) is 19.0 Å². The summed E-state index contributed by atoms with van der Waals surface area (Å²) in [6.07, 6.45) is 9.86. The molecule has 0 saturated heterocycles. The lowest BCUT2D eigenvalue weighted by molar-refractivity contribution is 0.0562. The van der Waals surface area contributed by atoms with Crippen LogP contribution in [0.25, 0.3) is 0 Å². The van der Waals surface area contributed by atoms with Gasteiger partial charge in [-0.1, -0.05) is 19.3 Å². The molecule has 3 atom stereocenters. The summed E-state index contributed by atoms with van der Waals surface area (Å²) in [4.78, 5) is 0. The van der Waals surface area contributed by atoms with Crippen molar-refractivity contribution < 1.29 is 14.2 Å². The number of hydrogen-bond acceptors (Lipinski definition) is 3. The third-order valence-electron chi connectivity index (χ3n) is 3.96. The van der Waals surface area contributed by atoms with Gasteiger partial charge in [-0.15, -0.1) is 0 Å². The summed E-state index contributed by atoms with van der Waals surface area (Å²) >= 11 is 0. The van der Waals surface area contributed by atoms with Crippen molar-refractivity contribution in [3.63, 3.8) is 0 Å². The molecule has 0 radical (unpaired) electrons. The Hall–Kier alpha value is -0.540. The third-order valence-corrected chi connectivity index (χ3v) is 3.96. The van der Waals surface area contributed by atoms with Crippen molar-refractivity contribution >= 4 is 0 Å². The molecule has 2 rings (SSSR count). The summed E-state index contributed by atoms with van der Waals surface area (Å²) in [5.74, 6) is 0.392. The highest BCUT2D eigenvalue weighted by atomic mass is 16.5. The molecule has 0 aromatic rings. The number of hydrogen-bond donors (Lipinski definition) is 0. The van der Waals surface area contributed by atoms with Gasteiger partial charge in [0, 0.05) is 25.7 Å².